The molecule has 1 saturated heterocycles. The van der Waals surface area contributed by atoms with Crippen LogP contribution in [0.15, 0.2) is 24.3 Å². The number of carboxylic acids is 1. The van der Waals surface area contributed by atoms with E-state index in [1.807, 2.05) is 0 Å². The van der Waals surface area contributed by atoms with Crippen molar-refractivity contribution < 1.29 is 14.7 Å². The van der Waals surface area contributed by atoms with Crippen LogP contribution in [0.1, 0.15) is 11.6 Å². The number of carbonyl (C=O) groups excluding carboxylic acids is 1. The van der Waals surface area contributed by atoms with Gasteiger partial charge < -0.3 is 15.3 Å². The lowest BCUT2D eigenvalue weighted by Gasteiger charge is -2.32. The van der Waals surface area contributed by atoms with Crippen LogP contribution >= 0.6 is 11.6 Å². The molecule has 1 atom stereocenters. The van der Waals surface area contributed by atoms with Gasteiger partial charge in [-0.2, -0.15) is 0 Å². The van der Waals surface area contributed by atoms with Crippen molar-refractivity contribution in [1.82, 2.24) is 10.2 Å². The molecule has 0 radical (unpaired) electrons. The molecule has 0 spiro atoms. The summed E-state index contributed by atoms with van der Waals surface area (Å²) in [5, 5.41) is 12.8. The lowest BCUT2D eigenvalue weighted by molar-refractivity contribution is -0.151. The van der Waals surface area contributed by atoms with Crippen LogP contribution in [0.2, 0.25) is 5.02 Å². The highest BCUT2D eigenvalue weighted by Gasteiger charge is 2.32. The van der Waals surface area contributed by atoms with E-state index in [0.29, 0.717) is 23.7 Å². The Morgan fingerprint density at radius 1 is 1.39 bits per heavy atom. The Labute approximate surface area is 109 Å². The van der Waals surface area contributed by atoms with Gasteiger partial charge in [0.2, 0.25) is 5.91 Å². The number of nitrogens with zero attached hydrogens (tertiary/aromatic N) is 1. The lowest BCUT2D eigenvalue weighted by atomic mass is 10.0. The van der Waals surface area contributed by atoms with Crippen LogP contribution in [0.5, 0.6) is 0 Å². The summed E-state index contributed by atoms with van der Waals surface area (Å²) in [6.07, 6.45) is 0. The molecule has 2 N–H and O–H groups in total. The predicted octanol–water partition coefficient (Wildman–Crippen LogP) is 0.897. The monoisotopic (exact) mass is 268 g/mol. The molecule has 1 aliphatic rings. The average Bonchev–Trinajstić information content (AvgIpc) is 2.34. The van der Waals surface area contributed by atoms with Crippen molar-refractivity contribution in [3.05, 3.63) is 34.9 Å². The van der Waals surface area contributed by atoms with Crippen molar-refractivity contribution in [2.45, 2.75) is 6.04 Å². The fraction of sp³-hybridized carbons (Fsp3) is 0.333. The summed E-state index contributed by atoms with van der Waals surface area (Å²) in [6.45, 7) is 1.17. The molecule has 1 heterocycles. The molecular formula is C12H13ClN2O3. The third-order valence-corrected chi connectivity index (χ3v) is 3.11. The second-order valence-electron chi connectivity index (χ2n) is 4.06. The Hall–Kier alpha value is -1.59. The van der Waals surface area contributed by atoms with E-state index < -0.39 is 12.0 Å². The minimum Gasteiger partial charge on any atom is -0.479 e. The van der Waals surface area contributed by atoms with Crippen molar-refractivity contribution in [2.24, 2.45) is 0 Å². The van der Waals surface area contributed by atoms with Crippen molar-refractivity contribution >= 4 is 23.5 Å². The van der Waals surface area contributed by atoms with Crippen LogP contribution in [0, 0.1) is 0 Å². The molecule has 6 heteroatoms. The van der Waals surface area contributed by atoms with Crippen molar-refractivity contribution in [1.29, 1.82) is 0 Å². The Morgan fingerprint density at radius 2 is 2.06 bits per heavy atom. The number of carbonyl (C=O) groups is 2. The third-order valence-electron chi connectivity index (χ3n) is 2.86. The number of halogens is 1. The lowest BCUT2D eigenvalue weighted by Crippen LogP contribution is -2.51. The van der Waals surface area contributed by atoms with E-state index in [0.717, 1.165) is 0 Å². The van der Waals surface area contributed by atoms with Crippen molar-refractivity contribution in [3.8, 4) is 0 Å². The van der Waals surface area contributed by atoms with Crippen LogP contribution in [-0.2, 0) is 9.59 Å². The smallest absolute Gasteiger partial charge is 0.331 e. The van der Waals surface area contributed by atoms with Crippen LogP contribution in [0.4, 0.5) is 0 Å². The Balaban J connectivity index is 2.30. The molecule has 1 unspecified atom stereocenters. The largest absolute Gasteiger partial charge is 0.479 e. The molecule has 1 amide bonds. The second-order valence-corrected chi connectivity index (χ2v) is 4.49. The van der Waals surface area contributed by atoms with Crippen LogP contribution in [-0.4, -0.2) is 41.5 Å². The molecule has 0 saturated carbocycles. The molecule has 1 aromatic carbocycles. The number of hydrogen-bond acceptors (Lipinski definition) is 3. The van der Waals surface area contributed by atoms with Gasteiger partial charge >= 0.3 is 5.97 Å². The topological polar surface area (TPSA) is 69.6 Å². The van der Waals surface area contributed by atoms with Gasteiger partial charge in [-0.05, 0) is 17.7 Å². The van der Waals surface area contributed by atoms with Crippen LogP contribution in [0.3, 0.4) is 0 Å². The highest BCUT2D eigenvalue weighted by Crippen LogP contribution is 2.23. The first-order chi connectivity index (χ1) is 8.59. The predicted molar refractivity (Wildman–Crippen MR) is 66.4 cm³/mol. The minimum absolute atomic E-state index is 0.178. The summed E-state index contributed by atoms with van der Waals surface area (Å²) in [4.78, 5) is 24.5. The van der Waals surface area contributed by atoms with E-state index in [4.69, 9.17) is 11.6 Å². The summed E-state index contributed by atoms with van der Waals surface area (Å²) in [7, 11) is 0. The standard InChI is InChI=1S/C12H13ClN2O3/c13-9-3-1-8(2-4-9)11(12(17)18)15-6-5-14-7-10(15)16/h1-4,11,14H,5-7H2,(H,17,18). The zero-order chi connectivity index (χ0) is 13.1. The first-order valence-electron chi connectivity index (χ1n) is 5.58. The zero-order valence-corrected chi connectivity index (χ0v) is 10.4. The van der Waals surface area contributed by atoms with Gasteiger partial charge in [-0.1, -0.05) is 23.7 Å². The number of nitrogens with one attached hydrogen (secondary N) is 1. The van der Waals surface area contributed by atoms with E-state index in [2.05, 4.69) is 5.32 Å². The fourth-order valence-corrected chi connectivity index (χ4v) is 2.12. The second kappa shape index (κ2) is 5.37. The molecule has 1 fully saturated rings. The number of benzene rings is 1. The van der Waals surface area contributed by atoms with E-state index in [-0.39, 0.29) is 12.5 Å². The maximum Gasteiger partial charge on any atom is 0.331 e. The Bertz CT molecular complexity index is 461. The van der Waals surface area contributed by atoms with Gasteiger partial charge in [-0.3, -0.25) is 4.79 Å². The fourth-order valence-electron chi connectivity index (χ4n) is 2.00. The number of piperazine rings is 1. The van der Waals surface area contributed by atoms with Gasteiger partial charge in [-0.15, -0.1) is 0 Å². The molecule has 0 aromatic heterocycles. The summed E-state index contributed by atoms with van der Waals surface area (Å²) < 4.78 is 0. The third kappa shape index (κ3) is 2.63. The Morgan fingerprint density at radius 3 is 2.61 bits per heavy atom. The summed E-state index contributed by atoms with van der Waals surface area (Å²) >= 11 is 5.77. The summed E-state index contributed by atoms with van der Waals surface area (Å²) in [5.41, 5.74) is 0.558. The molecule has 0 bridgehead atoms. The quantitative estimate of drug-likeness (QED) is 0.855. The Kier molecular flexibility index (Phi) is 3.84. The number of rotatable bonds is 3. The summed E-state index contributed by atoms with van der Waals surface area (Å²) in [5.74, 6) is -1.24. The van der Waals surface area contributed by atoms with E-state index in [1.165, 1.54) is 4.90 Å². The molecule has 1 aliphatic heterocycles. The highest BCUT2D eigenvalue weighted by atomic mass is 35.5. The summed E-state index contributed by atoms with van der Waals surface area (Å²) in [6, 6.07) is 5.57. The van der Waals surface area contributed by atoms with Crippen LogP contribution < -0.4 is 5.32 Å². The molecule has 0 aliphatic carbocycles. The molecule has 5 nitrogen and oxygen atoms in total. The van der Waals surface area contributed by atoms with Crippen LogP contribution in [0.25, 0.3) is 0 Å². The van der Waals surface area contributed by atoms with Gasteiger partial charge in [-0.25, -0.2) is 4.79 Å². The molecule has 1 aromatic rings. The highest BCUT2D eigenvalue weighted by molar-refractivity contribution is 6.30. The van der Waals surface area contributed by atoms with Crippen molar-refractivity contribution in [2.75, 3.05) is 19.6 Å². The number of hydrogen-bond donors (Lipinski definition) is 2. The first-order valence-corrected chi connectivity index (χ1v) is 5.96. The number of amides is 1. The maximum absolute atomic E-state index is 11.8. The van der Waals surface area contributed by atoms with Crippen molar-refractivity contribution in [3.63, 3.8) is 0 Å². The van der Waals surface area contributed by atoms with E-state index in [1.54, 1.807) is 24.3 Å². The van der Waals surface area contributed by atoms with E-state index in [9.17, 15) is 14.7 Å². The zero-order valence-electron chi connectivity index (χ0n) is 9.60. The van der Waals surface area contributed by atoms with Gasteiger partial charge in [0.1, 0.15) is 0 Å². The molecule has 96 valence electrons. The SMILES string of the molecule is O=C(O)C(c1ccc(Cl)cc1)N1CCNCC1=O. The van der Waals surface area contributed by atoms with Gasteiger partial charge in [0.25, 0.3) is 0 Å². The molecule has 2 rings (SSSR count). The van der Waals surface area contributed by atoms with E-state index >= 15 is 0 Å². The number of carboxylic acid groups (broad SMARTS) is 1. The van der Waals surface area contributed by atoms with Gasteiger partial charge in [0.05, 0.1) is 6.54 Å². The van der Waals surface area contributed by atoms with Gasteiger partial charge in [0.15, 0.2) is 6.04 Å². The average molecular weight is 269 g/mol. The minimum atomic E-state index is -1.03. The number of aliphatic carboxylic acids is 1. The normalized spacial score (nSPS) is 17.6. The van der Waals surface area contributed by atoms with Gasteiger partial charge in [0, 0.05) is 18.1 Å². The maximum atomic E-state index is 11.8. The molecular weight excluding hydrogens is 256 g/mol. The first kappa shape index (κ1) is 12.9. The molecule has 18 heavy (non-hydrogen) atoms.